The maximum atomic E-state index is 11.9. The van der Waals surface area contributed by atoms with Gasteiger partial charge in [0.05, 0.1) is 5.69 Å². The number of carbonyl (C=O) groups is 1. The van der Waals surface area contributed by atoms with Gasteiger partial charge in [-0.15, -0.1) is 0 Å². The largest absolute Gasteiger partial charge is 0.409 e. The van der Waals surface area contributed by atoms with Crippen molar-refractivity contribution in [2.24, 2.45) is 10.9 Å². The van der Waals surface area contributed by atoms with Crippen LogP contribution in [0.15, 0.2) is 11.2 Å². The van der Waals surface area contributed by atoms with E-state index < -0.39 is 0 Å². The number of hydrogen-bond acceptors (Lipinski definition) is 4. The Hall–Kier alpha value is -2.05. The normalized spacial score (nSPS) is 11.6. The summed E-state index contributed by atoms with van der Waals surface area (Å²) in [4.78, 5) is 11.9. The predicted molar refractivity (Wildman–Crippen MR) is 67.6 cm³/mol. The minimum atomic E-state index is -0.156. The number of nitrogens with two attached hydrogens (primary N) is 1. The molecule has 0 aromatic carbocycles. The van der Waals surface area contributed by atoms with Crippen LogP contribution in [0.1, 0.15) is 35.9 Å². The number of aromatic nitrogens is 2. The van der Waals surface area contributed by atoms with E-state index in [4.69, 9.17) is 10.9 Å². The monoisotopic (exact) mass is 253 g/mol. The summed E-state index contributed by atoms with van der Waals surface area (Å²) in [6.07, 6.45) is 1.07. The van der Waals surface area contributed by atoms with Gasteiger partial charge in [0.2, 0.25) is 0 Å². The number of nitrogens with zero attached hydrogens (tertiary/aromatic N) is 3. The van der Waals surface area contributed by atoms with E-state index in [2.05, 4.69) is 15.6 Å². The molecule has 0 aliphatic rings. The smallest absolute Gasteiger partial charge is 0.269 e. The molecule has 1 amide bonds. The van der Waals surface area contributed by atoms with Crippen LogP contribution >= 0.6 is 0 Å². The number of amides is 1. The Kier molecular flexibility index (Phi) is 5.16. The molecule has 7 heteroatoms. The minimum Gasteiger partial charge on any atom is -0.409 e. The molecule has 0 spiro atoms. The van der Waals surface area contributed by atoms with E-state index in [1.807, 2.05) is 13.8 Å². The highest BCUT2D eigenvalue weighted by Gasteiger charge is 2.12. The van der Waals surface area contributed by atoms with Crippen molar-refractivity contribution in [2.45, 2.75) is 33.2 Å². The van der Waals surface area contributed by atoms with Gasteiger partial charge in [0.25, 0.3) is 5.91 Å². The molecule has 0 saturated carbocycles. The summed E-state index contributed by atoms with van der Waals surface area (Å²) in [5.74, 6) is 0.00986. The van der Waals surface area contributed by atoms with Crippen molar-refractivity contribution in [1.29, 1.82) is 0 Å². The molecule has 100 valence electrons. The van der Waals surface area contributed by atoms with Crippen molar-refractivity contribution in [1.82, 2.24) is 15.1 Å². The van der Waals surface area contributed by atoms with E-state index in [9.17, 15) is 4.79 Å². The number of carbonyl (C=O) groups excluding carboxylic acids is 1. The SMILES string of the molecule is CCn1nc(C)cc1C(=O)NCCCC(N)=NO. The van der Waals surface area contributed by atoms with Gasteiger partial charge in [0.1, 0.15) is 11.5 Å². The zero-order chi connectivity index (χ0) is 13.5. The molecule has 7 nitrogen and oxygen atoms in total. The number of aryl methyl sites for hydroxylation is 2. The highest BCUT2D eigenvalue weighted by Crippen LogP contribution is 2.03. The van der Waals surface area contributed by atoms with Crippen LogP contribution in [0, 0.1) is 6.92 Å². The number of nitrogens with one attached hydrogen (secondary N) is 1. The molecule has 1 aromatic heterocycles. The van der Waals surface area contributed by atoms with Crippen molar-refractivity contribution >= 4 is 11.7 Å². The number of oxime groups is 1. The second-order valence-electron chi connectivity index (χ2n) is 3.94. The van der Waals surface area contributed by atoms with Crippen LogP contribution in [0.25, 0.3) is 0 Å². The van der Waals surface area contributed by atoms with Crippen LogP contribution in [0.2, 0.25) is 0 Å². The summed E-state index contributed by atoms with van der Waals surface area (Å²) in [6, 6.07) is 1.75. The van der Waals surface area contributed by atoms with Crippen molar-refractivity contribution < 1.29 is 10.0 Å². The zero-order valence-electron chi connectivity index (χ0n) is 10.7. The van der Waals surface area contributed by atoms with Crippen molar-refractivity contribution in [3.05, 3.63) is 17.5 Å². The average Bonchev–Trinajstić information content (AvgIpc) is 2.75. The molecule has 0 aliphatic carbocycles. The summed E-state index contributed by atoms with van der Waals surface area (Å²) in [6.45, 7) is 4.91. The molecular weight excluding hydrogens is 234 g/mol. The lowest BCUT2D eigenvalue weighted by Gasteiger charge is -2.06. The van der Waals surface area contributed by atoms with E-state index >= 15 is 0 Å². The molecule has 1 rings (SSSR count). The fourth-order valence-electron chi connectivity index (χ4n) is 1.58. The highest BCUT2D eigenvalue weighted by molar-refractivity contribution is 5.92. The lowest BCUT2D eigenvalue weighted by atomic mass is 10.3. The Morgan fingerprint density at radius 2 is 2.39 bits per heavy atom. The summed E-state index contributed by atoms with van der Waals surface area (Å²) < 4.78 is 1.66. The van der Waals surface area contributed by atoms with E-state index in [-0.39, 0.29) is 11.7 Å². The first-order valence-corrected chi connectivity index (χ1v) is 5.87. The molecule has 0 bridgehead atoms. The van der Waals surface area contributed by atoms with Gasteiger partial charge in [-0.05, 0) is 26.3 Å². The van der Waals surface area contributed by atoms with E-state index in [0.29, 0.717) is 31.6 Å². The van der Waals surface area contributed by atoms with Gasteiger partial charge in [-0.2, -0.15) is 5.10 Å². The lowest BCUT2D eigenvalue weighted by molar-refractivity contribution is 0.0942. The summed E-state index contributed by atoms with van der Waals surface area (Å²) in [5.41, 5.74) is 6.70. The van der Waals surface area contributed by atoms with Gasteiger partial charge in [-0.1, -0.05) is 5.16 Å². The first-order valence-electron chi connectivity index (χ1n) is 5.87. The minimum absolute atomic E-state index is 0.156. The lowest BCUT2D eigenvalue weighted by Crippen LogP contribution is -2.27. The van der Waals surface area contributed by atoms with Crippen LogP contribution in [0.3, 0.4) is 0 Å². The second kappa shape index (κ2) is 6.63. The van der Waals surface area contributed by atoms with E-state index in [0.717, 1.165) is 5.69 Å². The standard InChI is InChI=1S/C11H19N5O2/c1-3-16-9(7-8(2)14-16)11(17)13-6-4-5-10(12)15-18/h7,18H,3-6H2,1-2H3,(H2,12,15)(H,13,17). The van der Waals surface area contributed by atoms with Crippen LogP contribution in [0.5, 0.6) is 0 Å². The fraction of sp³-hybridized carbons (Fsp3) is 0.545. The maximum Gasteiger partial charge on any atom is 0.269 e. The highest BCUT2D eigenvalue weighted by atomic mass is 16.4. The van der Waals surface area contributed by atoms with Crippen molar-refractivity contribution in [3.8, 4) is 0 Å². The molecule has 0 radical (unpaired) electrons. The number of rotatable bonds is 6. The Bertz CT molecular complexity index is 439. The quantitative estimate of drug-likeness (QED) is 0.225. The van der Waals surface area contributed by atoms with Gasteiger partial charge in [0, 0.05) is 19.5 Å². The Morgan fingerprint density at radius 1 is 1.67 bits per heavy atom. The van der Waals surface area contributed by atoms with Gasteiger partial charge < -0.3 is 16.3 Å². The fourth-order valence-corrected chi connectivity index (χ4v) is 1.58. The Morgan fingerprint density at radius 3 is 3.00 bits per heavy atom. The molecule has 0 aliphatic heterocycles. The average molecular weight is 253 g/mol. The molecule has 1 aromatic rings. The molecule has 1 heterocycles. The Labute approximate surface area is 106 Å². The molecule has 0 atom stereocenters. The molecule has 4 N–H and O–H groups in total. The first-order chi connectivity index (χ1) is 8.58. The van der Waals surface area contributed by atoms with Gasteiger partial charge in [-0.3, -0.25) is 9.48 Å². The van der Waals surface area contributed by atoms with Crippen molar-refractivity contribution in [3.63, 3.8) is 0 Å². The molecule has 0 saturated heterocycles. The van der Waals surface area contributed by atoms with E-state index in [1.54, 1.807) is 10.7 Å². The van der Waals surface area contributed by atoms with Gasteiger partial charge in [0.15, 0.2) is 0 Å². The van der Waals surface area contributed by atoms with Crippen molar-refractivity contribution in [2.75, 3.05) is 6.54 Å². The van der Waals surface area contributed by atoms with E-state index in [1.165, 1.54) is 0 Å². The zero-order valence-corrected chi connectivity index (χ0v) is 10.7. The van der Waals surface area contributed by atoms with Gasteiger partial charge in [-0.25, -0.2) is 0 Å². The predicted octanol–water partition coefficient (Wildman–Crippen LogP) is 0.468. The summed E-state index contributed by atoms with van der Waals surface area (Å²) in [5, 5.41) is 18.2. The first kappa shape index (κ1) is 14.0. The second-order valence-corrected chi connectivity index (χ2v) is 3.94. The Balaban J connectivity index is 2.45. The topological polar surface area (TPSA) is 106 Å². The third-order valence-corrected chi connectivity index (χ3v) is 2.46. The third kappa shape index (κ3) is 3.76. The molecule has 18 heavy (non-hydrogen) atoms. The van der Waals surface area contributed by atoms with Crippen LogP contribution in [-0.4, -0.2) is 33.3 Å². The molecular formula is C11H19N5O2. The summed E-state index contributed by atoms with van der Waals surface area (Å²) >= 11 is 0. The number of hydrogen-bond donors (Lipinski definition) is 3. The van der Waals surface area contributed by atoms with Crippen LogP contribution in [0.4, 0.5) is 0 Å². The summed E-state index contributed by atoms with van der Waals surface area (Å²) in [7, 11) is 0. The number of amidine groups is 1. The van der Waals surface area contributed by atoms with Crippen LogP contribution in [-0.2, 0) is 6.54 Å². The van der Waals surface area contributed by atoms with Gasteiger partial charge >= 0.3 is 0 Å². The molecule has 0 unspecified atom stereocenters. The molecule has 0 fully saturated rings. The third-order valence-electron chi connectivity index (χ3n) is 2.46. The maximum absolute atomic E-state index is 11.9. The van der Waals surface area contributed by atoms with Crippen LogP contribution < -0.4 is 11.1 Å².